The topological polar surface area (TPSA) is 86.3 Å². The Bertz CT molecular complexity index is 375. The summed E-state index contributed by atoms with van der Waals surface area (Å²) in [6, 6.07) is 1.43. The molecule has 0 radical (unpaired) electrons. The predicted molar refractivity (Wildman–Crippen MR) is 61.4 cm³/mol. The van der Waals surface area contributed by atoms with E-state index in [1.54, 1.807) is 24.1 Å². The van der Waals surface area contributed by atoms with Gasteiger partial charge < -0.3 is 10.0 Å². The van der Waals surface area contributed by atoms with E-state index in [4.69, 9.17) is 5.11 Å². The Balaban J connectivity index is 2.60. The number of carboxylic acid groups (broad SMARTS) is 1. The average molecular weight is 239 g/mol. The summed E-state index contributed by atoms with van der Waals surface area (Å²) in [6.45, 7) is 4.08. The lowest BCUT2D eigenvalue weighted by molar-refractivity contribution is -0.140. The van der Waals surface area contributed by atoms with Gasteiger partial charge in [-0.05, 0) is 19.9 Å². The molecule has 1 aromatic heterocycles. The average Bonchev–Trinajstić information content (AvgIpc) is 2.70. The van der Waals surface area contributed by atoms with Crippen LogP contribution in [-0.4, -0.2) is 44.7 Å². The fourth-order valence-electron chi connectivity index (χ4n) is 1.74. The van der Waals surface area contributed by atoms with Gasteiger partial charge in [-0.3, -0.25) is 14.7 Å². The number of carbonyl (C=O) groups is 2. The van der Waals surface area contributed by atoms with Crippen LogP contribution in [0.15, 0.2) is 12.3 Å². The lowest BCUT2D eigenvalue weighted by atomic mass is 10.1. The Morgan fingerprint density at radius 1 is 1.59 bits per heavy atom. The Hall–Kier alpha value is -1.85. The number of likely N-dealkylation sites (N-methyl/N-ethyl adjacent to an activating group) is 1. The van der Waals surface area contributed by atoms with Gasteiger partial charge in [-0.2, -0.15) is 5.10 Å². The first-order valence-corrected chi connectivity index (χ1v) is 5.54. The highest BCUT2D eigenvalue weighted by Crippen LogP contribution is 2.07. The molecule has 0 aromatic carbocycles. The fraction of sp³-hybridized carbons (Fsp3) is 0.545. The first kappa shape index (κ1) is 13.2. The van der Waals surface area contributed by atoms with Crippen LogP contribution in [-0.2, 0) is 16.0 Å². The van der Waals surface area contributed by atoms with Crippen LogP contribution < -0.4 is 0 Å². The van der Waals surface area contributed by atoms with Crippen molar-refractivity contribution in [2.24, 2.45) is 0 Å². The molecule has 1 rings (SSSR count). The van der Waals surface area contributed by atoms with Crippen molar-refractivity contribution in [2.45, 2.75) is 32.7 Å². The number of carboxylic acids is 1. The molecule has 17 heavy (non-hydrogen) atoms. The van der Waals surface area contributed by atoms with Gasteiger partial charge in [0.05, 0.1) is 12.8 Å². The van der Waals surface area contributed by atoms with Gasteiger partial charge >= 0.3 is 5.97 Å². The van der Waals surface area contributed by atoms with Crippen molar-refractivity contribution >= 4 is 11.9 Å². The maximum absolute atomic E-state index is 11.9. The Morgan fingerprint density at radius 2 is 2.29 bits per heavy atom. The van der Waals surface area contributed by atoms with Crippen molar-refractivity contribution in [1.29, 1.82) is 0 Å². The maximum atomic E-state index is 11.9. The van der Waals surface area contributed by atoms with Crippen LogP contribution in [0, 0.1) is 0 Å². The predicted octanol–water partition coefficient (Wildman–Crippen LogP) is 0.664. The molecule has 1 atom stereocenters. The molecule has 1 heterocycles. The normalized spacial score (nSPS) is 12.1. The number of aromatic nitrogens is 2. The number of amides is 1. The molecule has 2 N–H and O–H groups in total. The smallest absolute Gasteiger partial charge is 0.305 e. The van der Waals surface area contributed by atoms with E-state index in [2.05, 4.69) is 10.2 Å². The van der Waals surface area contributed by atoms with Gasteiger partial charge in [0.25, 0.3) is 0 Å². The van der Waals surface area contributed by atoms with Crippen LogP contribution in [0.2, 0.25) is 0 Å². The molecule has 0 saturated carbocycles. The molecule has 1 amide bonds. The minimum absolute atomic E-state index is 0.0391. The molecule has 94 valence electrons. The van der Waals surface area contributed by atoms with Gasteiger partial charge in [0.1, 0.15) is 0 Å². The molecule has 0 bridgehead atoms. The van der Waals surface area contributed by atoms with Gasteiger partial charge in [-0.1, -0.05) is 0 Å². The van der Waals surface area contributed by atoms with Gasteiger partial charge in [0.15, 0.2) is 0 Å². The second-order valence-electron chi connectivity index (χ2n) is 3.89. The first-order valence-electron chi connectivity index (χ1n) is 5.54. The lowest BCUT2D eigenvalue weighted by Crippen LogP contribution is -2.40. The summed E-state index contributed by atoms with van der Waals surface area (Å²) < 4.78 is 0. The number of aliphatic carboxylic acids is 1. The van der Waals surface area contributed by atoms with E-state index in [1.165, 1.54) is 0 Å². The Kier molecular flexibility index (Phi) is 4.68. The molecule has 6 heteroatoms. The molecule has 1 aromatic rings. The second-order valence-corrected chi connectivity index (χ2v) is 3.89. The third-order valence-corrected chi connectivity index (χ3v) is 2.56. The maximum Gasteiger partial charge on any atom is 0.305 e. The van der Waals surface area contributed by atoms with Crippen molar-refractivity contribution in [3.8, 4) is 0 Å². The zero-order valence-corrected chi connectivity index (χ0v) is 10.0. The monoisotopic (exact) mass is 239 g/mol. The SMILES string of the molecule is CCN(C(=O)Cc1ccn[nH]1)C(C)CC(=O)O. The van der Waals surface area contributed by atoms with Crippen LogP contribution in [0.1, 0.15) is 26.0 Å². The van der Waals surface area contributed by atoms with Gasteiger partial charge in [-0.25, -0.2) is 0 Å². The molecule has 0 spiro atoms. The Labute approximate surface area is 99.6 Å². The van der Waals surface area contributed by atoms with Crippen LogP contribution in [0.3, 0.4) is 0 Å². The Morgan fingerprint density at radius 3 is 2.76 bits per heavy atom. The van der Waals surface area contributed by atoms with Gasteiger partial charge in [0.2, 0.25) is 5.91 Å². The number of nitrogens with zero attached hydrogens (tertiary/aromatic N) is 2. The van der Waals surface area contributed by atoms with Crippen LogP contribution >= 0.6 is 0 Å². The molecule has 0 aliphatic heterocycles. The molecule has 0 aliphatic rings. The molecule has 1 unspecified atom stereocenters. The van der Waals surface area contributed by atoms with Crippen molar-refractivity contribution in [3.63, 3.8) is 0 Å². The van der Waals surface area contributed by atoms with Crippen molar-refractivity contribution in [2.75, 3.05) is 6.54 Å². The molecule has 0 saturated heterocycles. The molecular weight excluding hydrogens is 222 g/mol. The number of rotatable bonds is 6. The summed E-state index contributed by atoms with van der Waals surface area (Å²) in [5.41, 5.74) is 0.732. The summed E-state index contributed by atoms with van der Waals surface area (Å²) in [6.07, 6.45) is 1.76. The van der Waals surface area contributed by atoms with E-state index in [9.17, 15) is 9.59 Å². The van der Waals surface area contributed by atoms with Crippen LogP contribution in [0.5, 0.6) is 0 Å². The molecule has 0 fully saturated rings. The van der Waals surface area contributed by atoms with Crippen molar-refractivity contribution < 1.29 is 14.7 Å². The van der Waals surface area contributed by atoms with Gasteiger partial charge in [-0.15, -0.1) is 0 Å². The zero-order valence-electron chi connectivity index (χ0n) is 10.0. The second kappa shape index (κ2) is 6.03. The van der Waals surface area contributed by atoms with E-state index in [-0.39, 0.29) is 24.8 Å². The standard InChI is InChI=1S/C11H17N3O3/c1-3-14(8(2)6-11(16)17)10(15)7-9-4-5-12-13-9/h4-5,8H,3,6-7H2,1-2H3,(H,12,13)(H,16,17). The van der Waals surface area contributed by atoms with Crippen LogP contribution in [0.25, 0.3) is 0 Å². The quantitative estimate of drug-likeness (QED) is 0.763. The highest BCUT2D eigenvalue weighted by atomic mass is 16.4. The number of hydrogen-bond donors (Lipinski definition) is 2. The minimum atomic E-state index is -0.898. The fourth-order valence-corrected chi connectivity index (χ4v) is 1.74. The van der Waals surface area contributed by atoms with Crippen LogP contribution in [0.4, 0.5) is 0 Å². The van der Waals surface area contributed by atoms with E-state index in [0.29, 0.717) is 6.54 Å². The van der Waals surface area contributed by atoms with E-state index < -0.39 is 5.97 Å². The molecule has 0 aliphatic carbocycles. The number of nitrogens with one attached hydrogen (secondary N) is 1. The highest BCUT2D eigenvalue weighted by Gasteiger charge is 2.20. The third kappa shape index (κ3) is 3.90. The van der Waals surface area contributed by atoms with E-state index in [0.717, 1.165) is 5.69 Å². The number of hydrogen-bond acceptors (Lipinski definition) is 3. The summed E-state index contributed by atoms with van der Waals surface area (Å²) in [5, 5.41) is 15.2. The third-order valence-electron chi connectivity index (χ3n) is 2.56. The van der Waals surface area contributed by atoms with E-state index in [1.807, 2.05) is 6.92 Å². The summed E-state index contributed by atoms with van der Waals surface area (Å²) in [7, 11) is 0. The largest absolute Gasteiger partial charge is 0.481 e. The van der Waals surface area contributed by atoms with Gasteiger partial charge in [0, 0.05) is 24.5 Å². The summed E-state index contributed by atoms with van der Waals surface area (Å²) >= 11 is 0. The van der Waals surface area contributed by atoms with Crippen molar-refractivity contribution in [3.05, 3.63) is 18.0 Å². The molecular formula is C11H17N3O3. The van der Waals surface area contributed by atoms with E-state index >= 15 is 0 Å². The summed E-state index contributed by atoms with van der Waals surface area (Å²) in [4.78, 5) is 24.1. The number of aromatic amines is 1. The number of carbonyl (C=O) groups excluding carboxylic acids is 1. The minimum Gasteiger partial charge on any atom is -0.481 e. The first-order chi connectivity index (χ1) is 8.04. The van der Waals surface area contributed by atoms with Crippen molar-refractivity contribution in [1.82, 2.24) is 15.1 Å². The highest BCUT2D eigenvalue weighted by molar-refractivity contribution is 5.79. The lowest BCUT2D eigenvalue weighted by Gasteiger charge is -2.26. The summed E-state index contributed by atoms with van der Waals surface area (Å²) in [5.74, 6) is -0.990. The zero-order chi connectivity index (χ0) is 12.8. The molecule has 6 nitrogen and oxygen atoms in total. The number of H-pyrrole nitrogens is 1.